The van der Waals surface area contributed by atoms with Crippen molar-refractivity contribution >= 4 is 23.2 Å². The molecular weight excluding hydrogens is 286 g/mol. The maximum Gasteiger partial charge on any atom is 0.264 e. The summed E-state index contributed by atoms with van der Waals surface area (Å²) in [5.74, 6) is 0.253. The second kappa shape index (κ2) is 5.77. The standard InChI is InChI=1S/C15H21N3O2S/c1-17-8-9-18(14(20)12-3-2-10-21-12)11-15(17)5-4-13(19)16-7-6-15/h2-3,10H,4-9,11H2,1H3,(H,16,19)/t15-/m1/s1. The summed E-state index contributed by atoms with van der Waals surface area (Å²) in [5, 5.41) is 4.88. The molecule has 0 aromatic carbocycles. The van der Waals surface area contributed by atoms with Crippen molar-refractivity contribution in [2.45, 2.75) is 24.8 Å². The van der Waals surface area contributed by atoms with Gasteiger partial charge in [-0.15, -0.1) is 11.3 Å². The van der Waals surface area contributed by atoms with Crippen LogP contribution in [0, 0.1) is 0 Å². The zero-order chi connectivity index (χ0) is 14.9. The second-order valence-electron chi connectivity index (χ2n) is 5.95. The number of rotatable bonds is 1. The van der Waals surface area contributed by atoms with E-state index in [2.05, 4.69) is 17.3 Å². The SMILES string of the molecule is CN1CCN(C(=O)c2cccs2)C[C@@]12CCNC(=O)CC2. The number of hydrogen-bond donors (Lipinski definition) is 1. The van der Waals surface area contributed by atoms with Crippen molar-refractivity contribution < 1.29 is 9.59 Å². The quantitative estimate of drug-likeness (QED) is 0.847. The first kappa shape index (κ1) is 14.5. The summed E-state index contributed by atoms with van der Waals surface area (Å²) in [7, 11) is 2.11. The number of carbonyl (C=O) groups excluding carboxylic acids is 2. The molecule has 0 saturated carbocycles. The molecule has 1 spiro atoms. The Morgan fingerprint density at radius 2 is 2.24 bits per heavy atom. The summed E-state index contributed by atoms with van der Waals surface area (Å²) >= 11 is 1.49. The third kappa shape index (κ3) is 2.82. The molecule has 2 saturated heterocycles. The third-order valence-corrected chi connectivity index (χ3v) is 5.61. The fourth-order valence-corrected chi connectivity index (χ4v) is 4.02. The second-order valence-corrected chi connectivity index (χ2v) is 6.90. The van der Waals surface area contributed by atoms with Crippen LogP contribution in [0.5, 0.6) is 0 Å². The molecule has 2 aliphatic rings. The minimum absolute atomic E-state index is 0.0651. The number of hydrogen-bond acceptors (Lipinski definition) is 4. The Labute approximate surface area is 128 Å². The van der Waals surface area contributed by atoms with E-state index >= 15 is 0 Å². The number of carbonyl (C=O) groups is 2. The summed E-state index contributed by atoms with van der Waals surface area (Å²) in [6.07, 6.45) is 2.28. The highest BCUT2D eigenvalue weighted by Crippen LogP contribution is 2.31. The van der Waals surface area contributed by atoms with Gasteiger partial charge in [-0.1, -0.05) is 6.07 Å². The van der Waals surface area contributed by atoms with E-state index in [9.17, 15) is 9.59 Å². The van der Waals surface area contributed by atoms with Crippen molar-refractivity contribution in [2.75, 3.05) is 33.2 Å². The Balaban J connectivity index is 1.78. The maximum absolute atomic E-state index is 12.6. The molecular formula is C15H21N3O2S. The van der Waals surface area contributed by atoms with E-state index in [1.165, 1.54) is 11.3 Å². The highest BCUT2D eigenvalue weighted by Gasteiger charge is 2.42. The predicted octanol–water partition coefficient (Wildman–Crippen LogP) is 1.17. The number of nitrogens with one attached hydrogen (secondary N) is 1. The van der Waals surface area contributed by atoms with Crippen LogP contribution in [-0.2, 0) is 4.79 Å². The molecule has 1 aromatic heterocycles. The van der Waals surface area contributed by atoms with E-state index in [1.54, 1.807) is 0 Å². The van der Waals surface area contributed by atoms with Gasteiger partial charge in [0.15, 0.2) is 0 Å². The van der Waals surface area contributed by atoms with E-state index in [4.69, 9.17) is 0 Å². The largest absolute Gasteiger partial charge is 0.356 e. The van der Waals surface area contributed by atoms with E-state index in [-0.39, 0.29) is 17.4 Å². The summed E-state index contributed by atoms with van der Waals surface area (Å²) in [6.45, 7) is 3.04. The Bertz CT molecular complexity index is 531. The lowest BCUT2D eigenvalue weighted by atomic mass is 9.86. The minimum atomic E-state index is -0.0651. The summed E-state index contributed by atoms with van der Waals surface area (Å²) in [4.78, 5) is 29.3. The Kier molecular flexibility index (Phi) is 3.99. The van der Waals surface area contributed by atoms with Crippen molar-refractivity contribution in [2.24, 2.45) is 0 Å². The molecule has 6 heteroatoms. The number of amides is 2. The van der Waals surface area contributed by atoms with Gasteiger partial charge in [-0.3, -0.25) is 14.5 Å². The van der Waals surface area contributed by atoms with Crippen LogP contribution in [0.3, 0.4) is 0 Å². The van der Waals surface area contributed by atoms with Crippen molar-refractivity contribution in [3.8, 4) is 0 Å². The molecule has 114 valence electrons. The summed E-state index contributed by atoms with van der Waals surface area (Å²) < 4.78 is 0. The van der Waals surface area contributed by atoms with Crippen LogP contribution < -0.4 is 5.32 Å². The monoisotopic (exact) mass is 307 g/mol. The highest BCUT2D eigenvalue weighted by molar-refractivity contribution is 7.12. The van der Waals surface area contributed by atoms with Crippen molar-refractivity contribution in [3.63, 3.8) is 0 Å². The van der Waals surface area contributed by atoms with E-state index in [1.807, 2.05) is 22.4 Å². The number of likely N-dealkylation sites (N-methyl/N-ethyl adjacent to an activating group) is 1. The van der Waals surface area contributed by atoms with Gasteiger partial charge >= 0.3 is 0 Å². The highest BCUT2D eigenvalue weighted by atomic mass is 32.1. The van der Waals surface area contributed by atoms with Crippen LogP contribution in [-0.4, -0.2) is 60.4 Å². The van der Waals surface area contributed by atoms with Gasteiger partial charge in [0, 0.05) is 38.1 Å². The summed E-state index contributed by atoms with van der Waals surface area (Å²) in [5.41, 5.74) is -0.0651. The van der Waals surface area contributed by atoms with Crippen molar-refractivity contribution in [1.82, 2.24) is 15.1 Å². The maximum atomic E-state index is 12.6. The van der Waals surface area contributed by atoms with Crippen LogP contribution in [0.25, 0.3) is 0 Å². The molecule has 1 N–H and O–H groups in total. The van der Waals surface area contributed by atoms with Crippen molar-refractivity contribution in [3.05, 3.63) is 22.4 Å². The zero-order valence-electron chi connectivity index (χ0n) is 12.3. The lowest BCUT2D eigenvalue weighted by Gasteiger charge is -2.49. The zero-order valence-corrected chi connectivity index (χ0v) is 13.1. The van der Waals surface area contributed by atoms with Gasteiger partial charge in [0.25, 0.3) is 5.91 Å². The Morgan fingerprint density at radius 1 is 1.38 bits per heavy atom. The number of piperazine rings is 1. The van der Waals surface area contributed by atoms with Gasteiger partial charge in [-0.25, -0.2) is 0 Å². The van der Waals surface area contributed by atoms with Crippen LogP contribution in [0.15, 0.2) is 17.5 Å². The molecule has 21 heavy (non-hydrogen) atoms. The van der Waals surface area contributed by atoms with Crippen molar-refractivity contribution in [1.29, 1.82) is 0 Å². The minimum Gasteiger partial charge on any atom is -0.356 e. The molecule has 3 rings (SSSR count). The fourth-order valence-electron chi connectivity index (χ4n) is 3.33. The van der Waals surface area contributed by atoms with Gasteiger partial charge < -0.3 is 10.2 Å². The van der Waals surface area contributed by atoms with Gasteiger partial charge in [0.2, 0.25) is 5.91 Å². The molecule has 2 amide bonds. The average molecular weight is 307 g/mol. The van der Waals surface area contributed by atoms with Crippen LogP contribution in [0.2, 0.25) is 0 Å². The Morgan fingerprint density at radius 3 is 3.00 bits per heavy atom. The van der Waals surface area contributed by atoms with Gasteiger partial charge in [0.1, 0.15) is 0 Å². The first-order chi connectivity index (χ1) is 10.1. The topological polar surface area (TPSA) is 52.6 Å². The molecule has 0 aliphatic carbocycles. The number of thiophene rings is 1. The van der Waals surface area contributed by atoms with Crippen LogP contribution >= 0.6 is 11.3 Å². The van der Waals surface area contributed by atoms with Crippen LogP contribution in [0.4, 0.5) is 0 Å². The van der Waals surface area contributed by atoms with E-state index < -0.39 is 0 Å². The normalized spacial score (nSPS) is 27.5. The first-order valence-electron chi connectivity index (χ1n) is 7.41. The fraction of sp³-hybridized carbons (Fsp3) is 0.600. The molecule has 1 atom stereocenters. The molecule has 0 bridgehead atoms. The molecule has 2 aliphatic heterocycles. The molecule has 3 heterocycles. The molecule has 1 aromatic rings. The van der Waals surface area contributed by atoms with E-state index in [0.29, 0.717) is 13.0 Å². The van der Waals surface area contributed by atoms with Gasteiger partial charge in [-0.2, -0.15) is 0 Å². The first-order valence-corrected chi connectivity index (χ1v) is 8.29. The van der Waals surface area contributed by atoms with E-state index in [0.717, 1.165) is 37.4 Å². The third-order valence-electron chi connectivity index (χ3n) is 4.75. The Hall–Kier alpha value is -1.40. The molecule has 2 fully saturated rings. The number of nitrogens with zero attached hydrogens (tertiary/aromatic N) is 2. The van der Waals surface area contributed by atoms with Gasteiger partial charge in [-0.05, 0) is 31.3 Å². The molecule has 5 nitrogen and oxygen atoms in total. The molecule has 0 radical (unpaired) electrons. The lowest BCUT2D eigenvalue weighted by Crippen LogP contribution is -2.62. The molecule has 0 unspecified atom stereocenters. The predicted molar refractivity (Wildman–Crippen MR) is 82.4 cm³/mol. The van der Waals surface area contributed by atoms with Gasteiger partial charge in [0.05, 0.1) is 4.88 Å². The van der Waals surface area contributed by atoms with Crippen LogP contribution in [0.1, 0.15) is 28.9 Å². The lowest BCUT2D eigenvalue weighted by molar-refractivity contribution is -0.121. The average Bonchev–Trinajstić information content (AvgIpc) is 2.95. The smallest absolute Gasteiger partial charge is 0.264 e. The summed E-state index contributed by atoms with van der Waals surface area (Å²) in [6, 6.07) is 3.80.